The number of anilines is 2. The zero-order valence-electron chi connectivity index (χ0n) is 11.2. The van der Waals surface area contributed by atoms with Crippen molar-refractivity contribution in [3.8, 4) is 5.75 Å². The summed E-state index contributed by atoms with van der Waals surface area (Å²) in [5, 5.41) is 12.6. The summed E-state index contributed by atoms with van der Waals surface area (Å²) in [5.74, 6) is -0.435. The number of hydrogen-bond acceptors (Lipinski definition) is 3. The van der Waals surface area contributed by atoms with Crippen molar-refractivity contribution in [1.29, 1.82) is 0 Å². The summed E-state index contributed by atoms with van der Waals surface area (Å²) in [5.41, 5.74) is 8.88. The molecule has 0 fully saturated rings. The van der Waals surface area contributed by atoms with Gasteiger partial charge in [-0.05, 0) is 49.2 Å². The summed E-state index contributed by atoms with van der Waals surface area (Å²) < 4.78 is 0.851. The molecule has 5 heteroatoms. The van der Waals surface area contributed by atoms with Crippen molar-refractivity contribution >= 4 is 33.2 Å². The molecule has 0 aliphatic carbocycles. The van der Waals surface area contributed by atoms with Crippen LogP contribution in [0, 0.1) is 13.8 Å². The minimum Gasteiger partial charge on any atom is -0.507 e. The summed E-state index contributed by atoms with van der Waals surface area (Å²) in [7, 11) is 0. The van der Waals surface area contributed by atoms with E-state index in [1.54, 1.807) is 24.3 Å². The number of phenolic OH excluding ortho intramolecular Hbond substituents is 1. The Morgan fingerprint density at radius 3 is 2.55 bits per heavy atom. The standard InChI is InChI=1S/C15H15BrN2O2/c1-8-3-4-11(13(19)5-8)15(20)18-14-9(2)6-10(16)7-12(14)17/h3-7,19H,17H2,1-2H3,(H,18,20). The van der Waals surface area contributed by atoms with Crippen LogP contribution in [-0.2, 0) is 0 Å². The number of hydrogen-bond donors (Lipinski definition) is 3. The molecular weight excluding hydrogens is 320 g/mol. The third-order valence-corrected chi connectivity index (χ3v) is 3.43. The summed E-state index contributed by atoms with van der Waals surface area (Å²) in [6.07, 6.45) is 0. The zero-order chi connectivity index (χ0) is 14.9. The van der Waals surface area contributed by atoms with Gasteiger partial charge in [0.05, 0.1) is 16.9 Å². The molecule has 0 saturated carbocycles. The summed E-state index contributed by atoms with van der Waals surface area (Å²) >= 11 is 3.35. The molecule has 0 atom stereocenters. The molecule has 0 unspecified atom stereocenters. The van der Waals surface area contributed by atoms with Crippen molar-refractivity contribution < 1.29 is 9.90 Å². The Morgan fingerprint density at radius 1 is 1.25 bits per heavy atom. The summed E-state index contributed by atoms with van der Waals surface area (Å²) in [4.78, 5) is 12.2. The van der Waals surface area contributed by atoms with Crippen LogP contribution in [0.3, 0.4) is 0 Å². The van der Waals surface area contributed by atoms with Crippen LogP contribution in [0.2, 0.25) is 0 Å². The number of nitrogen functional groups attached to an aromatic ring is 1. The Hall–Kier alpha value is -2.01. The highest BCUT2D eigenvalue weighted by molar-refractivity contribution is 9.10. The zero-order valence-corrected chi connectivity index (χ0v) is 12.8. The fraction of sp³-hybridized carbons (Fsp3) is 0.133. The number of aryl methyl sites for hydroxylation is 2. The molecule has 0 radical (unpaired) electrons. The van der Waals surface area contributed by atoms with E-state index in [1.165, 1.54) is 0 Å². The first kappa shape index (κ1) is 14.4. The number of nitrogens with one attached hydrogen (secondary N) is 1. The van der Waals surface area contributed by atoms with E-state index >= 15 is 0 Å². The molecule has 2 aromatic rings. The van der Waals surface area contributed by atoms with Gasteiger partial charge in [-0.2, -0.15) is 0 Å². The number of carbonyl (C=O) groups is 1. The van der Waals surface area contributed by atoms with Gasteiger partial charge in [0.15, 0.2) is 0 Å². The van der Waals surface area contributed by atoms with Crippen LogP contribution in [0.25, 0.3) is 0 Å². The van der Waals surface area contributed by atoms with Gasteiger partial charge in [-0.25, -0.2) is 0 Å². The molecule has 0 aliphatic rings. The number of nitrogens with two attached hydrogens (primary N) is 1. The van der Waals surface area contributed by atoms with Gasteiger partial charge >= 0.3 is 0 Å². The highest BCUT2D eigenvalue weighted by atomic mass is 79.9. The average Bonchev–Trinajstić information content (AvgIpc) is 2.33. The SMILES string of the molecule is Cc1ccc(C(=O)Nc2c(C)cc(Br)cc2N)c(O)c1. The van der Waals surface area contributed by atoms with Crippen molar-refractivity contribution in [3.05, 3.63) is 51.5 Å². The smallest absolute Gasteiger partial charge is 0.259 e. The lowest BCUT2D eigenvalue weighted by atomic mass is 10.1. The van der Waals surface area contributed by atoms with E-state index in [2.05, 4.69) is 21.2 Å². The maximum atomic E-state index is 12.2. The summed E-state index contributed by atoms with van der Waals surface area (Å²) in [6, 6.07) is 8.49. The maximum Gasteiger partial charge on any atom is 0.259 e. The van der Waals surface area contributed by atoms with Gasteiger partial charge in [0.2, 0.25) is 0 Å². The minimum absolute atomic E-state index is 0.0455. The monoisotopic (exact) mass is 334 g/mol. The fourth-order valence-electron chi connectivity index (χ4n) is 1.95. The molecule has 0 bridgehead atoms. The van der Waals surface area contributed by atoms with Crippen LogP contribution in [-0.4, -0.2) is 11.0 Å². The van der Waals surface area contributed by atoms with Crippen molar-refractivity contribution in [2.24, 2.45) is 0 Å². The van der Waals surface area contributed by atoms with E-state index in [4.69, 9.17) is 5.73 Å². The molecule has 2 rings (SSSR count). The number of carbonyl (C=O) groups excluding carboxylic acids is 1. The quantitative estimate of drug-likeness (QED) is 0.734. The Labute approximate surface area is 125 Å². The van der Waals surface area contributed by atoms with Crippen LogP contribution in [0.4, 0.5) is 11.4 Å². The molecule has 4 N–H and O–H groups in total. The van der Waals surface area contributed by atoms with Gasteiger partial charge in [0.25, 0.3) is 5.91 Å². The van der Waals surface area contributed by atoms with Crippen molar-refractivity contribution in [3.63, 3.8) is 0 Å². The van der Waals surface area contributed by atoms with Gasteiger partial charge in [0.1, 0.15) is 5.75 Å². The number of amides is 1. The Bertz CT molecular complexity index is 661. The normalized spacial score (nSPS) is 10.3. The maximum absolute atomic E-state index is 12.2. The molecule has 20 heavy (non-hydrogen) atoms. The van der Waals surface area contributed by atoms with Crippen LogP contribution >= 0.6 is 15.9 Å². The Kier molecular flexibility index (Phi) is 3.99. The molecule has 0 aromatic heterocycles. The largest absolute Gasteiger partial charge is 0.507 e. The molecule has 104 valence electrons. The first-order valence-corrected chi connectivity index (χ1v) is 6.84. The van der Waals surface area contributed by atoms with Crippen LogP contribution in [0.15, 0.2) is 34.8 Å². The van der Waals surface area contributed by atoms with Crippen molar-refractivity contribution in [2.45, 2.75) is 13.8 Å². The summed E-state index contributed by atoms with van der Waals surface area (Å²) in [6.45, 7) is 3.70. The first-order chi connectivity index (χ1) is 9.38. The van der Waals surface area contributed by atoms with E-state index in [-0.39, 0.29) is 17.2 Å². The number of rotatable bonds is 2. The highest BCUT2D eigenvalue weighted by Crippen LogP contribution is 2.29. The molecule has 0 aliphatic heterocycles. The van der Waals surface area contributed by atoms with Crippen LogP contribution < -0.4 is 11.1 Å². The molecule has 0 heterocycles. The lowest BCUT2D eigenvalue weighted by Crippen LogP contribution is -2.14. The van der Waals surface area contributed by atoms with Crippen molar-refractivity contribution in [1.82, 2.24) is 0 Å². The van der Waals surface area contributed by atoms with Crippen LogP contribution in [0.1, 0.15) is 21.5 Å². The van der Waals surface area contributed by atoms with E-state index in [0.717, 1.165) is 15.6 Å². The predicted octanol–water partition coefficient (Wildman–Crippen LogP) is 3.61. The van der Waals surface area contributed by atoms with Crippen molar-refractivity contribution in [2.75, 3.05) is 11.1 Å². The van der Waals surface area contributed by atoms with Gasteiger partial charge in [0, 0.05) is 4.47 Å². The van der Waals surface area contributed by atoms with Gasteiger partial charge in [-0.15, -0.1) is 0 Å². The number of aromatic hydroxyl groups is 1. The second-order valence-electron chi connectivity index (χ2n) is 4.66. The third-order valence-electron chi connectivity index (χ3n) is 2.97. The molecule has 4 nitrogen and oxygen atoms in total. The molecular formula is C15H15BrN2O2. The number of halogens is 1. The van der Waals surface area contributed by atoms with E-state index in [9.17, 15) is 9.90 Å². The second-order valence-corrected chi connectivity index (χ2v) is 5.58. The molecule has 0 saturated heterocycles. The number of benzene rings is 2. The first-order valence-electron chi connectivity index (χ1n) is 6.05. The van der Waals surface area contributed by atoms with E-state index < -0.39 is 0 Å². The van der Waals surface area contributed by atoms with E-state index in [1.807, 2.05) is 19.9 Å². The van der Waals surface area contributed by atoms with Gasteiger partial charge in [-0.3, -0.25) is 4.79 Å². The lowest BCUT2D eigenvalue weighted by Gasteiger charge is -2.13. The Balaban J connectivity index is 2.33. The minimum atomic E-state index is -0.389. The van der Waals surface area contributed by atoms with Gasteiger partial charge < -0.3 is 16.2 Å². The molecule has 2 aromatic carbocycles. The van der Waals surface area contributed by atoms with Crippen LogP contribution in [0.5, 0.6) is 5.75 Å². The average molecular weight is 335 g/mol. The predicted molar refractivity (Wildman–Crippen MR) is 84.1 cm³/mol. The fourth-order valence-corrected chi connectivity index (χ4v) is 2.54. The lowest BCUT2D eigenvalue weighted by molar-refractivity contribution is 0.102. The van der Waals surface area contributed by atoms with E-state index in [0.29, 0.717) is 11.4 Å². The third kappa shape index (κ3) is 2.93. The Morgan fingerprint density at radius 2 is 1.95 bits per heavy atom. The highest BCUT2D eigenvalue weighted by Gasteiger charge is 2.14. The number of phenols is 1. The van der Waals surface area contributed by atoms with Gasteiger partial charge in [-0.1, -0.05) is 22.0 Å². The second kappa shape index (κ2) is 5.54. The topological polar surface area (TPSA) is 75.4 Å². The molecule has 0 spiro atoms. The molecule has 1 amide bonds.